The number of benzene rings is 1. The van der Waals surface area contributed by atoms with E-state index in [9.17, 15) is 18.0 Å². The van der Waals surface area contributed by atoms with Gasteiger partial charge < -0.3 is 11.1 Å². The third kappa shape index (κ3) is 4.72. The summed E-state index contributed by atoms with van der Waals surface area (Å²) >= 11 is 0. The minimum atomic E-state index is -4.33. The van der Waals surface area contributed by atoms with Crippen molar-refractivity contribution in [2.75, 3.05) is 0 Å². The summed E-state index contributed by atoms with van der Waals surface area (Å²) in [5.41, 5.74) is 5.85. The first kappa shape index (κ1) is 18.8. The fourth-order valence-electron chi connectivity index (χ4n) is 3.37. The van der Waals surface area contributed by atoms with E-state index in [0.717, 1.165) is 43.4 Å². The number of amides is 1. The van der Waals surface area contributed by atoms with Crippen LogP contribution in [0.15, 0.2) is 24.3 Å². The van der Waals surface area contributed by atoms with Gasteiger partial charge in [0.05, 0.1) is 11.5 Å². The zero-order valence-corrected chi connectivity index (χ0v) is 14.1. The highest BCUT2D eigenvalue weighted by molar-refractivity contribution is 5.80. The summed E-state index contributed by atoms with van der Waals surface area (Å²) in [5.74, 6) is -0.264. The Bertz CT molecular complexity index is 567. The first-order valence-electron chi connectivity index (χ1n) is 8.35. The second-order valence-corrected chi connectivity index (χ2v) is 7.11. The van der Waals surface area contributed by atoms with Gasteiger partial charge in [-0.05, 0) is 50.8 Å². The van der Waals surface area contributed by atoms with E-state index in [4.69, 9.17) is 5.73 Å². The van der Waals surface area contributed by atoms with Gasteiger partial charge in [0, 0.05) is 11.6 Å². The summed E-state index contributed by atoms with van der Waals surface area (Å²) in [7, 11) is 0. The first-order valence-corrected chi connectivity index (χ1v) is 8.35. The average molecular weight is 342 g/mol. The van der Waals surface area contributed by atoms with Gasteiger partial charge in [-0.3, -0.25) is 4.79 Å². The summed E-state index contributed by atoms with van der Waals surface area (Å²) in [4.78, 5) is 12.5. The van der Waals surface area contributed by atoms with E-state index in [1.54, 1.807) is 0 Å². The fraction of sp³-hybridized carbons (Fsp3) is 0.611. The summed E-state index contributed by atoms with van der Waals surface area (Å²) in [5, 5.41) is 2.96. The van der Waals surface area contributed by atoms with Crippen molar-refractivity contribution in [3.8, 4) is 0 Å². The summed E-state index contributed by atoms with van der Waals surface area (Å²) in [6, 6.07) is 4.90. The highest BCUT2D eigenvalue weighted by atomic mass is 19.4. The van der Waals surface area contributed by atoms with Crippen LogP contribution in [0.1, 0.15) is 50.7 Å². The standard InChI is InChI=1S/C18H25F3N2O/c1-12(11-13-6-8-14(9-7-13)18(19,20)21)23-16(24)15-5-3-4-10-17(15,2)22/h6-9,12,15H,3-5,10-11,22H2,1-2H3,(H,23,24). The average Bonchev–Trinajstić information content (AvgIpc) is 2.46. The maximum atomic E-state index is 12.6. The third-order valence-electron chi connectivity index (χ3n) is 4.78. The minimum absolute atomic E-state index is 0.0564. The van der Waals surface area contributed by atoms with Crippen molar-refractivity contribution >= 4 is 5.91 Å². The Labute approximate surface area is 140 Å². The molecule has 1 aliphatic carbocycles. The number of carbonyl (C=O) groups excluding carboxylic acids is 1. The Morgan fingerprint density at radius 2 is 1.96 bits per heavy atom. The molecule has 6 heteroatoms. The molecule has 1 aromatic carbocycles. The lowest BCUT2D eigenvalue weighted by atomic mass is 9.74. The van der Waals surface area contributed by atoms with E-state index in [-0.39, 0.29) is 17.9 Å². The van der Waals surface area contributed by atoms with Crippen LogP contribution in [0.2, 0.25) is 0 Å². The lowest BCUT2D eigenvalue weighted by molar-refractivity contribution is -0.137. The molecule has 3 atom stereocenters. The molecule has 1 aliphatic rings. The molecule has 3 N–H and O–H groups in total. The summed E-state index contributed by atoms with van der Waals surface area (Å²) in [6.07, 6.45) is -0.191. The van der Waals surface area contributed by atoms with E-state index >= 15 is 0 Å². The monoisotopic (exact) mass is 342 g/mol. The maximum Gasteiger partial charge on any atom is 0.416 e. The molecular weight excluding hydrogens is 317 g/mol. The van der Waals surface area contributed by atoms with Crippen LogP contribution in [-0.2, 0) is 17.4 Å². The van der Waals surface area contributed by atoms with Crippen molar-refractivity contribution in [3.63, 3.8) is 0 Å². The lowest BCUT2D eigenvalue weighted by Crippen LogP contribution is -2.54. The van der Waals surface area contributed by atoms with Crippen LogP contribution < -0.4 is 11.1 Å². The van der Waals surface area contributed by atoms with Crippen LogP contribution in [-0.4, -0.2) is 17.5 Å². The molecule has 0 bridgehead atoms. The first-order chi connectivity index (χ1) is 11.1. The Balaban J connectivity index is 1.93. The van der Waals surface area contributed by atoms with Crippen molar-refractivity contribution in [2.45, 2.75) is 63.7 Å². The number of alkyl halides is 3. The Kier molecular flexibility index (Phi) is 5.58. The van der Waals surface area contributed by atoms with E-state index in [1.165, 1.54) is 12.1 Å². The molecule has 134 valence electrons. The number of hydrogen-bond acceptors (Lipinski definition) is 2. The molecule has 1 saturated carbocycles. The quantitative estimate of drug-likeness (QED) is 0.877. The van der Waals surface area contributed by atoms with Crippen LogP contribution in [0.4, 0.5) is 13.2 Å². The van der Waals surface area contributed by atoms with Gasteiger partial charge in [0.2, 0.25) is 5.91 Å². The number of nitrogens with one attached hydrogen (secondary N) is 1. The highest BCUT2D eigenvalue weighted by Crippen LogP contribution is 2.32. The van der Waals surface area contributed by atoms with Crippen LogP contribution >= 0.6 is 0 Å². The van der Waals surface area contributed by atoms with Crippen molar-refractivity contribution in [3.05, 3.63) is 35.4 Å². The molecule has 24 heavy (non-hydrogen) atoms. The highest BCUT2D eigenvalue weighted by Gasteiger charge is 2.38. The Morgan fingerprint density at radius 1 is 1.33 bits per heavy atom. The van der Waals surface area contributed by atoms with Gasteiger partial charge >= 0.3 is 6.18 Å². The molecule has 0 radical (unpaired) electrons. The summed E-state index contributed by atoms with van der Waals surface area (Å²) in [6.45, 7) is 3.77. The van der Waals surface area contributed by atoms with Crippen LogP contribution in [0.25, 0.3) is 0 Å². The van der Waals surface area contributed by atoms with E-state index in [0.29, 0.717) is 6.42 Å². The fourth-order valence-corrected chi connectivity index (χ4v) is 3.37. The number of rotatable bonds is 4. The molecule has 0 aromatic heterocycles. The van der Waals surface area contributed by atoms with E-state index < -0.39 is 17.3 Å². The van der Waals surface area contributed by atoms with Crippen molar-refractivity contribution < 1.29 is 18.0 Å². The van der Waals surface area contributed by atoms with E-state index in [2.05, 4.69) is 5.32 Å². The number of nitrogens with two attached hydrogens (primary N) is 1. The van der Waals surface area contributed by atoms with Crippen molar-refractivity contribution in [1.29, 1.82) is 0 Å². The van der Waals surface area contributed by atoms with E-state index in [1.807, 2.05) is 13.8 Å². The molecule has 2 rings (SSSR count). The normalized spacial score (nSPS) is 26.0. The molecule has 0 heterocycles. The van der Waals surface area contributed by atoms with Gasteiger partial charge in [0.1, 0.15) is 0 Å². The molecule has 1 fully saturated rings. The SMILES string of the molecule is CC(Cc1ccc(C(F)(F)F)cc1)NC(=O)C1CCCCC1(C)N. The second-order valence-electron chi connectivity index (χ2n) is 7.11. The zero-order valence-electron chi connectivity index (χ0n) is 14.1. The van der Waals surface area contributed by atoms with Crippen molar-refractivity contribution in [1.82, 2.24) is 5.32 Å². The van der Waals surface area contributed by atoms with Gasteiger partial charge in [-0.1, -0.05) is 25.0 Å². The molecule has 1 aromatic rings. The van der Waals surface area contributed by atoms with Crippen molar-refractivity contribution in [2.24, 2.45) is 11.7 Å². The zero-order chi connectivity index (χ0) is 18.0. The van der Waals surface area contributed by atoms with Gasteiger partial charge in [-0.2, -0.15) is 13.2 Å². The Hall–Kier alpha value is -1.56. The summed E-state index contributed by atoms with van der Waals surface area (Å²) < 4.78 is 37.7. The smallest absolute Gasteiger partial charge is 0.353 e. The maximum absolute atomic E-state index is 12.6. The molecule has 3 unspecified atom stereocenters. The Morgan fingerprint density at radius 3 is 2.50 bits per heavy atom. The number of carbonyl (C=O) groups is 1. The van der Waals surface area contributed by atoms with Gasteiger partial charge in [0.25, 0.3) is 0 Å². The topological polar surface area (TPSA) is 55.1 Å². The molecule has 1 amide bonds. The molecule has 0 spiro atoms. The number of hydrogen-bond donors (Lipinski definition) is 2. The largest absolute Gasteiger partial charge is 0.416 e. The molecular formula is C18H25F3N2O. The lowest BCUT2D eigenvalue weighted by Gasteiger charge is -2.37. The van der Waals surface area contributed by atoms with Gasteiger partial charge in [0.15, 0.2) is 0 Å². The second kappa shape index (κ2) is 7.13. The predicted molar refractivity (Wildman–Crippen MR) is 87.3 cm³/mol. The van der Waals surface area contributed by atoms with Gasteiger partial charge in [-0.15, -0.1) is 0 Å². The van der Waals surface area contributed by atoms with Crippen LogP contribution in [0.3, 0.4) is 0 Å². The van der Waals surface area contributed by atoms with Gasteiger partial charge in [-0.25, -0.2) is 0 Å². The number of halogens is 3. The molecule has 3 nitrogen and oxygen atoms in total. The molecule has 0 saturated heterocycles. The molecule has 0 aliphatic heterocycles. The predicted octanol–water partition coefficient (Wildman–Crippen LogP) is 3.66. The third-order valence-corrected chi connectivity index (χ3v) is 4.78. The van der Waals surface area contributed by atoms with Crippen LogP contribution in [0.5, 0.6) is 0 Å². The van der Waals surface area contributed by atoms with Crippen LogP contribution in [0, 0.1) is 5.92 Å². The minimum Gasteiger partial charge on any atom is -0.353 e.